The molecular weight excluding hydrogens is 160 g/mol. The predicted molar refractivity (Wildman–Crippen MR) is 38.3 cm³/mol. The fraction of sp³-hybridized carbons (Fsp3) is 0.125. The average Bonchev–Trinajstić information content (AvgIpc) is 1.95. The highest BCUT2D eigenvalue weighted by atomic mass is 35.5. The number of quaternary nitrogens is 1. The molecule has 0 heterocycles. The van der Waals surface area contributed by atoms with Gasteiger partial charge < -0.3 is 18.1 Å². The van der Waals surface area contributed by atoms with Crippen molar-refractivity contribution in [1.82, 2.24) is 0 Å². The molecule has 1 rings (SSSR count). The van der Waals surface area contributed by atoms with Gasteiger partial charge in [0.1, 0.15) is 5.69 Å². The van der Waals surface area contributed by atoms with Gasteiger partial charge in [-0.15, -0.1) is 0 Å². The van der Waals surface area contributed by atoms with E-state index in [0.717, 1.165) is 11.3 Å². The quantitative estimate of drug-likeness (QED) is 0.501. The second-order valence-corrected chi connectivity index (χ2v) is 2.15. The van der Waals surface area contributed by atoms with Crippen LogP contribution < -0.4 is 18.1 Å². The second-order valence-electron chi connectivity index (χ2n) is 2.15. The van der Waals surface area contributed by atoms with Crippen LogP contribution in [-0.4, -0.2) is 0 Å². The monoisotopic (exact) mass is 168 g/mol. The first-order valence-corrected chi connectivity index (χ1v) is 3.11. The Balaban J connectivity index is 0.000001000. The Kier molecular flexibility index (Phi) is 4.28. The van der Waals surface area contributed by atoms with Gasteiger partial charge in [0.15, 0.2) is 0 Å². The second kappa shape index (κ2) is 4.73. The minimum Gasteiger partial charge on any atom is -1.00 e. The largest absolute Gasteiger partial charge is 1.00 e. The Morgan fingerprint density at radius 1 is 1.27 bits per heavy atom. The van der Waals surface area contributed by atoms with Gasteiger partial charge >= 0.3 is 0 Å². The summed E-state index contributed by atoms with van der Waals surface area (Å²) >= 11 is 0. The number of hydrogen-bond donors (Lipinski definition) is 1. The van der Waals surface area contributed by atoms with E-state index in [0.29, 0.717) is 6.42 Å². The highest BCUT2D eigenvalue weighted by molar-refractivity contribution is 5.32. The summed E-state index contributed by atoms with van der Waals surface area (Å²) in [6.45, 7) is 0. The molecule has 1 aromatic rings. The summed E-state index contributed by atoms with van der Waals surface area (Å²) in [6.07, 6.45) is 0.486. The summed E-state index contributed by atoms with van der Waals surface area (Å²) in [4.78, 5) is 0. The zero-order chi connectivity index (χ0) is 7.40. The summed E-state index contributed by atoms with van der Waals surface area (Å²) in [5.41, 5.74) is 5.78. The van der Waals surface area contributed by atoms with E-state index in [1.807, 2.05) is 24.3 Å². The summed E-state index contributed by atoms with van der Waals surface area (Å²) < 4.78 is 0. The Morgan fingerprint density at radius 2 is 1.82 bits per heavy atom. The van der Waals surface area contributed by atoms with E-state index in [1.54, 1.807) is 0 Å². The molecule has 0 radical (unpaired) electrons. The van der Waals surface area contributed by atoms with Crippen molar-refractivity contribution in [2.75, 3.05) is 0 Å². The summed E-state index contributed by atoms with van der Waals surface area (Å²) in [7, 11) is 0. The van der Waals surface area contributed by atoms with Crippen LogP contribution in [0.1, 0.15) is 5.56 Å². The molecule has 3 heteroatoms. The lowest BCUT2D eigenvalue weighted by Crippen LogP contribution is -3.00. The van der Waals surface area contributed by atoms with E-state index in [1.165, 1.54) is 0 Å². The molecule has 58 valence electrons. The molecule has 0 fully saturated rings. The van der Waals surface area contributed by atoms with Gasteiger partial charge in [0, 0.05) is 0 Å². The third-order valence-corrected chi connectivity index (χ3v) is 1.31. The lowest BCUT2D eigenvalue weighted by Gasteiger charge is -1.90. The topological polar surface area (TPSA) is 51.4 Å². The highest BCUT2D eigenvalue weighted by Gasteiger charge is 1.90. The SMILES string of the molecule is N#CCc1ccc([NH3+])cc1.[Cl-]. The van der Waals surface area contributed by atoms with Crippen molar-refractivity contribution in [3.8, 4) is 6.07 Å². The van der Waals surface area contributed by atoms with Crippen molar-refractivity contribution in [2.24, 2.45) is 0 Å². The van der Waals surface area contributed by atoms with Crippen LogP contribution in [0.15, 0.2) is 24.3 Å². The van der Waals surface area contributed by atoms with Crippen LogP contribution in [0.2, 0.25) is 0 Å². The zero-order valence-electron chi connectivity index (χ0n) is 6.05. The molecule has 0 bridgehead atoms. The molecule has 1 aromatic carbocycles. The molecule has 0 saturated carbocycles. The Labute approximate surface area is 72.0 Å². The third-order valence-electron chi connectivity index (χ3n) is 1.31. The lowest BCUT2D eigenvalue weighted by molar-refractivity contribution is -0.254. The average molecular weight is 169 g/mol. The number of benzene rings is 1. The minimum absolute atomic E-state index is 0. The van der Waals surface area contributed by atoms with E-state index in [9.17, 15) is 0 Å². The first kappa shape index (κ1) is 9.96. The van der Waals surface area contributed by atoms with Crippen LogP contribution >= 0.6 is 0 Å². The van der Waals surface area contributed by atoms with Crippen molar-refractivity contribution in [2.45, 2.75) is 6.42 Å². The molecule has 0 spiro atoms. The van der Waals surface area contributed by atoms with Gasteiger partial charge in [-0.3, -0.25) is 0 Å². The van der Waals surface area contributed by atoms with Gasteiger partial charge in [-0.2, -0.15) is 5.26 Å². The molecule has 0 aliphatic carbocycles. The Hall–Kier alpha value is -1.04. The molecule has 0 atom stereocenters. The number of nitrogens with zero attached hydrogens (tertiary/aromatic N) is 1. The van der Waals surface area contributed by atoms with Crippen molar-refractivity contribution in [3.63, 3.8) is 0 Å². The van der Waals surface area contributed by atoms with Gasteiger partial charge in [0.05, 0.1) is 12.5 Å². The minimum atomic E-state index is 0. The molecule has 2 nitrogen and oxygen atoms in total. The van der Waals surface area contributed by atoms with E-state index >= 15 is 0 Å². The fourth-order valence-corrected chi connectivity index (χ4v) is 0.748. The number of hydrogen-bond acceptors (Lipinski definition) is 1. The summed E-state index contributed by atoms with van der Waals surface area (Å²) in [5, 5.41) is 8.32. The summed E-state index contributed by atoms with van der Waals surface area (Å²) in [5.74, 6) is 0. The predicted octanol–water partition coefficient (Wildman–Crippen LogP) is -2.37. The van der Waals surface area contributed by atoms with E-state index in [4.69, 9.17) is 5.26 Å². The molecule has 0 aromatic heterocycles. The third kappa shape index (κ3) is 3.03. The van der Waals surface area contributed by atoms with Crippen molar-refractivity contribution in [1.29, 1.82) is 5.26 Å². The molecule has 0 aliphatic heterocycles. The molecule has 0 aliphatic rings. The zero-order valence-corrected chi connectivity index (χ0v) is 6.80. The van der Waals surface area contributed by atoms with Gasteiger partial charge in [-0.05, 0) is 17.7 Å². The van der Waals surface area contributed by atoms with Crippen LogP contribution in [-0.2, 0) is 6.42 Å². The molecular formula is C8H9ClN2. The van der Waals surface area contributed by atoms with Crippen molar-refractivity contribution >= 4 is 5.69 Å². The first-order chi connectivity index (χ1) is 4.83. The Bertz CT molecular complexity index is 248. The van der Waals surface area contributed by atoms with Crippen molar-refractivity contribution in [3.05, 3.63) is 29.8 Å². The van der Waals surface area contributed by atoms with Gasteiger partial charge in [0.2, 0.25) is 0 Å². The highest BCUT2D eigenvalue weighted by Crippen LogP contribution is 2.03. The van der Waals surface area contributed by atoms with Gasteiger partial charge in [0.25, 0.3) is 0 Å². The number of nitriles is 1. The smallest absolute Gasteiger partial charge is 0.127 e. The Morgan fingerprint density at radius 3 is 2.27 bits per heavy atom. The maximum absolute atomic E-state index is 8.32. The first-order valence-electron chi connectivity index (χ1n) is 3.11. The normalized spacial score (nSPS) is 8.00. The van der Waals surface area contributed by atoms with Gasteiger partial charge in [-0.1, -0.05) is 12.1 Å². The maximum atomic E-state index is 8.32. The number of rotatable bonds is 1. The van der Waals surface area contributed by atoms with Crippen LogP contribution in [0.3, 0.4) is 0 Å². The fourth-order valence-electron chi connectivity index (χ4n) is 0.748. The van der Waals surface area contributed by atoms with Crippen LogP contribution in [0, 0.1) is 11.3 Å². The van der Waals surface area contributed by atoms with Gasteiger partial charge in [-0.25, -0.2) is 0 Å². The van der Waals surface area contributed by atoms with Crippen molar-refractivity contribution < 1.29 is 18.1 Å². The van der Waals surface area contributed by atoms with Crippen LogP contribution in [0.5, 0.6) is 0 Å². The van der Waals surface area contributed by atoms with E-state index in [2.05, 4.69) is 11.8 Å². The van der Waals surface area contributed by atoms with Crippen LogP contribution in [0.4, 0.5) is 5.69 Å². The number of halogens is 1. The standard InChI is InChI=1S/C8H8N2.ClH/c9-6-5-7-1-3-8(10)4-2-7;/h1-4H,5,10H2;1H. The lowest BCUT2D eigenvalue weighted by atomic mass is 10.1. The molecule has 11 heavy (non-hydrogen) atoms. The maximum Gasteiger partial charge on any atom is 0.127 e. The molecule has 0 amide bonds. The van der Waals surface area contributed by atoms with E-state index < -0.39 is 0 Å². The van der Waals surface area contributed by atoms with Crippen LogP contribution in [0.25, 0.3) is 0 Å². The summed E-state index contributed by atoms with van der Waals surface area (Å²) in [6, 6.07) is 9.75. The van der Waals surface area contributed by atoms with E-state index in [-0.39, 0.29) is 12.4 Å². The molecule has 0 saturated heterocycles. The molecule has 3 N–H and O–H groups in total. The molecule has 0 unspecified atom stereocenters.